The molecular weight excluding hydrogens is 356 g/mol. The minimum atomic E-state index is 0.0358. The fourth-order valence-corrected chi connectivity index (χ4v) is 3.35. The molecule has 1 amide bonds. The quantitative estimate of drug-likeness (QED) is 0.478. The molecule has 0 aliphatic carbocycles. The van der Waals surface area contributed by atoms with Gasteiger partial charge in [0.25, 0.3) is 0 Å². The molecule has 1 saturated heterocycles. The molecule has 2 aromatic rings. The first kappa shape index (κ1) is 19.7. The molecular formula is C20H28N6O2. The highest BCUT2D eigenvalue weighted by Crippen LogP contribution is 2.17. The lowest BCUT2D eigenvalue weighted by Crippen LogP contribution is -2.55. The second kappa shape index (κ2) is 8.77. The minimum Gasteiger partial charge on any atom is -0.492 e. The molecule has 1 aliphatic heterocycles. The number of carbonyl (C=O) groups excluding carboxylic acids is 1. The highest BCUT2D eigenvalue weighted by atomic mass is 16.5. The summed E-state index contributed by atoms with van der Waals surface area (Å²) in [4.78, 5) is 20.6. The van der Waals surface area contributed by atoms with Crippen molar-refractivity contribution >= 4 is 17.6 Å². The van der Waals surface area contributed by atoms with E-state index in [0.29, 0.717) is 32.2 Å². The summed E-state index contributed by atoms with van der Waals surface area (Å²) in [5.41, 5.74) is 3.20. The Morgan fingerprint density at radius 2 is 2.00 bits per heavy atom. The summed E-state index contributed by atoms with van der Waals surface area (Å²) in [6.07, 6.45) is 3.57. The fourth-order valence-electron chi connectivity index (χ4n) is 3.35. The summed E-state index contributed by atoms with van der Waals surface area (Å²) in [5.74, 6) is 1.62. The Kier molecular flexibility index (Phi) is 6.18. The lowest BCUT2D eigenvalue weighted by molar-refractivity contribution is -0.120. The molecule has 8 heteroatoms. The van der Waals surface area contributed by atoms with E-state index in [-0.39, 0.29) is 12.5 Å². The maximum absolute atomic E-state index is 12.6. The fraction of sp³-hybridized carbons (Fsp3) is 0.450. The summed E-state index contributed by atoms with van der Waals surface area (Å²) in [6, 6.07) is 6.17. The molecule has 0 atom stereocenters. The molecule has 1 aliphatic rings. The first-order valence-corrected chi connectivity index (χ1v) is 9.42. The summed E-state index contributed by atoms with van der Waals surface area (Å²) in [7, 11) is 3.57. The van der Waals surface area contributed by atoms with Crippen LogP contribution in [0.4, 0.5) is 5.69 Å². The van der Waals surface area contributed by atoms with Crippen molar-refractivity contribution in [3.8, 4) is 5.75 Å². The highest BCUT2D eigenvalue weighted by Gasteiger charge is 2.27. The van der Waals surface area contributed by atoms with Gasteiger partial charge in [0.15, 0.2) is 5.96 Å². The number of hydrogen-bond donors (Lipinski definition) is 1. The molecule has 1 aromatic heterocycles. The summed E-state index contributed by atoms with van der Waals surface area (Å²) >= 11 is 0. The van der Waals surface area contributed by atoms with E-state index >= 15 is 0 Å². The molecule has 0 saturated carbocycles. The number of aryl methyl sites for hydroxylation is 3. The van der Waals surface area contributed by atoms with E-state index in [2.05, 4.69) is 35.3 Å². The first-order valence-electron chi connectivity index (χ1n) is 9.42. The van der Waals surface area contributed by atoms with Gasteiger partial charge >= 0.3 is 0 Å². The Bertz CT molecular complexity index is 840. The average molecular weight is 384 g/mol. The summed E-state index contributed by atoms with van der Waals surface area (Å²) < 4.78 is 7.53. The Labute approximate surface area is 165 Å². The number of nitrogens with zero attached hydrogens (tertiary/aromatic N) is 5. The van der Waals surface area contributed by atoms with Gasteiger partial charge in [0.2, 0.25) is 5.91 Å². The molecule has 150 valence electrons. The number of benzene rings is 1. The number of aliphatic imine (C=N–C) groups is 1. The highest BCUT2D eigenvalue weighted by molar-refractivity contribution is 5.98. The normalized spacial score (nSPS) is 15.1. The lowest BCUT2D eigenvalue weighted by atomic mass is 10.1. The predicted octanol–water partition coefficient (Wildman–Crippen LogP) is 1.34. The second-order valence-electron chi connectivity index (χ2n) is 6.99. The molecule has 0 unspecified atom stereocenters. The van der Waals surface area contributed by atoms with Gasteiger partial charge in [-0.3, -0.25) is 14.5 Å². The molecule has 8 nitrogen and oxygen atoms in total. The third-order valence-electron chi connectivity index (χ3n) is 4.58. The van der Waals surface area contributed by atoms with Crippen LogP contribution in [0.1, 0.15) is 11.1 Å². The molecule has 0 bridgehead atoms. The van der Waals surface area contributed by atoms with E-state index in [0.717, 1.165) is 11.4 Å². The van der Waals surface area contributed by atoms with Gasteiger partial charge in [-0.2, -0.15) is 5.10 Å². The number of guanidine groups is 1. The van der Waals surface area contributed by atoms with E-state index in [9.17, 15) is 4.79 Å². The Morgan fingerprint density at radius 3 is 2.61 bits per heavy atom. The Balaban J connectivity index is 1.48. The Morgan fingerprint density at radius 1 is 1.25 bits per heavy atom. The smallest absolute Gasteiger partial charge is 0.246 e. The van der Waals surface area contributed by atoms with Crippen LogP contribution in [-0.4, -0.2) is 66.4 Å². The van der Waals surface area contributed by atoms with E-state index in [1.165, 1.54) is 11.1 Å². The van der Waals surface area contributed by atoms with Crippen LogP contribution >= 0.6 is 0 Å². The van der Waals surface area contributed by atoms with E-state index in [1.807, 2.05) is 30.3 Å². The predicted molar refractivity (Wildman–Crippen MR) is 110 cm³/mol. The average Bonchev–Trinajstić information content (AvgIpc) is 3.07. The number of rotatable bonds is 5. The molecule has 1 N–H and O–H groups in total. The van der Waals surface area contributed by atoms with Gasteiger partial charge in [-0.15, -0.1) is 0 Å². The monoisotopic (exact) mass is 384 g/mol. The van der Waals surface area contributed by atoms with Crippen LogP contribution in [0.3, 0.4) is 0 Å². The third-order valence-corrected chi connectivity index (χ3v) is 4.58. The van der Waals surface area contributed by atoms with Crippen molar-refractivity contribution in [3.05, 3.63) is 41.7 Å². The molecule has 0 spiro atoms. The maximum Gasteiger partial charge on any atom is 0.246 e. The van der Waals surface area contributed by atoms with Crippen LogP contribution in [0, 0.1) is 13.8 Å². The van der Waals surface area contributed by atoms with Crippen molar-refractivity contribution in [1.82, 2.24) is 20.0 Å². The molecule has 1 aromatic carbocycles. The molecule has 0 radical (unpaired) electrons. The zero-order valence-corrected chi connectivity index (χ0v) is 17.0. The van der Waals surface area contributed by atoms with Crippen molar-refractivity contribution in [2.24, 2.45) is 12.0 Å². The largest absolute Gasteiger partial charge is 0.492 e. The lowest BCUT2D eigenvalue weighted by Gasteiger charge is -2.35. The number of aromatic nitrogens is 2. The van der Waals surface area contributed by atoms with Gasteiger partial charge in [0.1, 0.15) is 18.9 Å². The number of anilines is 1. The maximum atomic E-state index is 12.6. The van der Waals surface area contributed by atoms with Gasteiger partial charge < -0.3 is 19.9 Å². The zero-order chi connectivity index (χ0) is 20.1. The summed E-state index contributed by atoms with van der Waals surface area (Å²) in [5, 5.41) is 7.42. The van der Waals surface area contributed by atoms with Gasteiger partial charge in [0.05, 0.1) is 18.4 Å². The van der Waals surface area contributed by atoms with Gasteiger partial charge in [-0.25, -0.2) is 0 Å². The zero-order valence-electron chi connectivity index (χ0n) is 17.0. The second-order valence-corrected chi connectivity index (χ2v) is 6.99. The number of carbonyl (C=O) groups is 1. The summed E-state index contributed by atoms with van der Waals surface area (Å²) in [6.45, 7) is 6.83. The molecule has 1 fully saturated rings. The third kappa shape index (κ3) is 4.82. The number of piperazine rings is 1. The van der Waals surface area contributed by atoms with Crippen molar-refractivity contribution < 1.29 is 9.53 Å². The van der Waals surface area contributed by atoms with Crippen molar-refractivity contribution in [3.63, 3.8) is 0 Å². The number of nitrogens with one attached hydrogen (secondary N) is 1. The van der Waals surface area contributed by atoms with Gasteiger partial charge in [0, 0.05) is 33.4 Å². The number of ether oxygens (including phenoxy) is 1. The number of hydrogen-bond acceptors (Lipinski definition) is 4. The van der Waals surface area contributed by atoms with Crippen molar-refractivity contribution in [1.29, 1.82) is 0 Å². The topological polar surface area (TPSA) is 75.0 Å². The van der Waals surface area contributed by atoms with Gasteiger partial charge in [-0.1, -0.05) is 6.07 Å². The SMILES string of the molecule is CN=C(NCCOc1cc(C)cc(C)c1)N1CCN(c2cnn(C)c2)C(=O)C1. The van der Waals surface area contributed by atoms with Crippen LogP contribution in [0.2, 0.25) is 0 Å². The van der Waals surface area contributed by atoms with Crippen LogP contribution < -0.4 is 15.0 Å². The van der Waals surface area contributed by atoms with Gasteiger partial charge in [-0.05, 0) is 37.1 Å². The molecule has 2 heterocycles. The van der Waals surface area contributed by atoms with E-state index in [4.69, 9.17) is 4.74 Å². The van der Waals surface area contributed by atoms with Crippen LogP contribution in [0.15, 0.2) is 35.6 Å². The first-order chi connectivity index (χ1) is 13.5. The number of amides is 1. The standard InChI is InChI=1S/C20H28N6O2/c1-15-9-16(2)11-18(10-15)28-8-5-22-20(21-3)25-6-7-26(19(27)14-25)17-12-23-24(4)13-17/h9-13H,5-8,14H2,1-4H3,(H,21,22). The van der Waals surface area contributed by atoms with Crippen molar-refractivity contribution in [2.75, 3.05) is 44.7 Å². The van der Waals surface area contributed by atoms with E-state index < -0.39 is 0 Å². The van der Waals surface area contributed by atoms with E-state index in [1.54, 1.807) is 22.8 Å². The van der Waals surface area contributed by atoms with Crippen LogP contribution in [-0.2, 0) is 11.8 Å². The molecule has 28 heavy (non-hydrogen) atoms. The van der Waals surface area contributed by atoms with Crippen LogP contribution in [0.5, 0.6) is 5.75 Å². The minimum absolute atomic E-state index is 0.0358. The van der Waals surface area contributed by atoms with Crippen molar-refractivity contribution in [2.45, 2.75) is 13.8 Å². The molecule has 3 rings (SSSR count). The Hall–Kier alpha value is -3.03. The van der Waals surface area contributed by atoms with Crippen LogP contribution in [0.25, 0.3) is 0 Å².